The molecule has 4 unspecified atom stereocenters. The number of carbonyl (C=O) groups is 3. The Kier molecular flexibility index (Phi) is 5.67. The molecule has 0 saturated carbocycles. The minimum Gasteiger partial charge on any atom is -0.450 e. The molecule has 2 aliphatic rings. The first-order chi connectivity index (χ1) is 15.7. The van der Waals surface area contributed by atoms with Gasteiger partial charge in [-0.15, -0.1) is 0 Å². The smallest absolute Gasteiger partial charge is 0.450 e. The molecule has 2 amide bonds. The Bertz CT molecular complexity index is 1100. The molecule has 2 aromatic rings. The van der Waals surface area contributed by atoms with Gasteiger partial charge in [-0.3, -0.25) is 25.2 Å². The fraction of sp³-hybridized carbons (Fsp3) is 0.333. The predicted molar refractivity (Wildman–Crippen MR) is 119 cm³/mol. The summed E-state index contributed by atoms with van der Waals surface area (Å²) in [5.41, 5.74) is 5.97. The van der Waals surface area contributed by atoms with Crippen molar-refractivity contribution in [2.24, 2.45) is 23.5 Å². The van der Waals surface area contributed by atoms with Crippen LogP contribution in [0, 0.1) is 23.2 Å². The second-order valence-electron chi connectivity index (χ2n) is 8.73. The van der Waals surface area contributed by atoms with Crippen molar-refractivity contribution < 1.29 is 24.2 Å². The fourth-order valence-corrected chi connectivity index (χ4v) is 4.92. The van der Waals surface area contributed by atoms with Crippen LogP contribution in [0.25, 0.3) is 0 Å². The molecule has 4 rings (SSSR count). The van der Waals surface area contributed by atoms with E-state index in [1.165, 1.54) is 4.90 Å². The van der Waals surface area contributed by atoms with E-state index >= 15 is 0 Å². The van der Waals surface area contributed by atoms with Gasteiger partial charge in [-0.2, -0.15) is 0 Å². The van der Waals surface area contributed by atoms with Gasteiger partial charge in [0.15, 0.2) is 5.72 Å². The Balaban J connectivity index is 1.78. The molecular weight excluding hydrogens is 424 g/mol. The maximum atomic E-state index is 13.6. The van der Waals surface area contributed by atoms with E-state index in [0.717, 1.165) is 5.56 Å². The van der Waals surface area contributed by atoms with Gasteiger partial charge in [0.1, 0.15) is 11.8 Å². The van der Waals surface area contributed by atoms with E-state index < -0.39 is 41.6 Å². The van der Waals surface area contributed by atoms with E-state index in [9.17, 15) is 19.5 Å². The normalized spacial score (nSPS) is 26.5. The lowest BCUT2D eigenvalue weighted by Crippen LogP contribution is -2.56. The van der Waals surface area contributed by atoms with E-state index in [1.807, 2.05) is 30.3 Å². The van der Waals surface area contributed by atoms with Crippen LogP contribution < -0.4 is 11.1 Å². The van der Waals surface area contributed by atoms with Crippen molar-refractivity contribution in [2.75, 3.05) is 0 Å². The number of amides is 2. The van der Waals surface area contributed by atoms with Crippen molar-refractivity contribution >= 4 is 23.8 Å². The van der Waals surface area contributed by atoms with Crippen molar-refractivity contribution in [2.45, 2.75) is 32.2 Å². The van der Waals surface area contributed by atoms with Gasteiger partial charge < -0.3 is 15.6 Å². The van der Waals surface area contributed by atoms with E-state index in [1.54, 1.807) is 38.1 Å². The highest BCUT2D eigenvalue weighted by molar-refractivity contribution is 6.06. The molecule has 9 heteroatoms. The van der Waals surface area contributed by atoms with Gasteiger partial charge in [0.05, 0.1) is 12.5 Å². The number of nitrogens with two attached hydrogens (primary N) is 1. The molecule has 172 valence electrons. The van der Waals surface area contributed by atoms with Gasteiger partial charge in [0.2, 0.25) is 11.8 Å². The first-order valence-corrected chi connectivity index (χ1v) is 10.7. The lowest BCUT2D eigenvalue weighted by atomic mass is 9.81. The number of imide groups is 1. The molecule has 9 nitrogen and oxygen atoms in total. The molecule has 0 spiro atoms. The number of likely N-dealkylation sites (tertiary alicyclic amines) is 1. The zero-order valence-electron chi connectivity index (χ0n) is 18.3. The highest BCUT2D eigenvalue weighted by atomic mass is 16.7. The second-order valence-corrected chi connectivity index (χ2v) is 8.73. The highest BCUT2D eigenvalue weighted by Gasteiger charge is 2.68. The number of ether oxygens (including phenoxy) is 1. The number of hydrogen-bond donors (Lipinski definition) is 4. The number of hydrogen-bond acceptors (Lipinski definition) is 6. The number of fused-ring (bicyclic) bond motifs is 1. The number of rotatable bonds is 6. The number of amidine groups is 1. The molecule has 2 aliphatic heterocycles. The van der Waals surface area contributed by atoms with Gasteiger partial charge >= 0.3 is 6.16 Å². The molecule has 4 atom stereocenters. The lowest BCUT2D eigenvalue weighted by Gasteiger charge is -2.36. The predicted octanol–water partition coefficient (Wildman–Crippen LogP) is 2.46. The summed E-state index contributed by atoms with van der Waals surface area (Å²) in [7, 11) is 0. The van der Waals surface area contributed by atoms with Gasteiger partial charge in [-0.1, -0.05) is 68.4 Å². The molecule has 0 bridgehead atoms. The second kappa shape index (κ2) is 8.32. The SMILES string of the molecule is CC(C)C1(OC(=O)O)NC(c2ccc(C(=N)N)cc2)C2C(=O)N(Cc3ccccc3)C(=O)C21. The molecule has 2 fully saturated rings. The summed E-state index contributed by atoms with van der Waals surface area (Å²) in [5.74, 6) is -3.21. The molecule has 0 radical (unpaired) electrons. The summed E-state index contributed by atoms with van der Waals surface area (Å²) >= 11 is 0. The van der Waals surface area contributed by atoms with E-state index in [2.05, 4.69) is 5.32 Å². The largest absolute Gasteiger partial charge is 0.507 e. The van der Waals surface area contributed by atoms with Gasteiger partial charge in [-0.05, 0) is 11.1 Å². The van der Waals surface area contributed by atoms with Crippen LogP contribution in [0.2, 0.25) is 0 Å². The van der Waals surface area contributed by atoms with Crippen molar-refractivity contribution in [3.8, 4) is 0 Å². The Morgan fingerprint density at radius 1 is 1.15 bits per heavy atom. The Morgan fingerprint density at radius 2 is 1.79 bits per heavy atom. The average molecular weight is 450 g/mol. The fourth-order valence-electron chi connectivity index (χ4n) is 4.92. The van der Waals surface area contributed by atoms with Gasteiger partial charge in [0, 0.05) is 17.5 Å². The molecule has 2 heterocycles. The zero-order chi connectivity index (χ0) is 23.9. The first-order valence-electron chi connectivity index (χ1n) is 10.7. The van der Waals surface area contributed by atoms with Crippen molar-refractivity contribution in [1.82, 2.24) is 10.2 Å². The third-order valence-corrected chi connectivity index (χ3v) is 6.52. The van der Waals surface area contributed by atoms with Crippen LogP contribution in [0.3, 0.4) is 0 Å². The lowest BCUT2D eigenvalue weighted by molar-refractivity contribution is -0.148. The van der Waals surface area contributed by atoms with Crippen LogP contribution in [-0.4, -0.2) is 39.5 Å². The summed E-state index contributed by atoms with van der Waals surface area (Å²) in [5, 5.41) is 20.3. The average Bonchev–Trinajstić information content (AvgIpc) is 3.24. The maximum absolute atomic E-state index is 13.6. The number of nitrogens with one attached hydrogen (secondary N) is 2. The molecule has 0 aromatic heterocycles. The van der Waals surface area contributed by atoms with Crippen LogP contribution in [-0.2, 0) is 20.9 Å². The summed E-state index contributed by atoms with van der Waals surface area (Å²) in [4.78, 5) is 40.0. The summed E-state index contributed by atoms with van der Waals surface area (Å²) in [6.07, 6.45) is -1.52. The third-order valence-electron chi connectivity index (χ3n) is 6.52. The molecular formula is C24H26N4O5. The third kappa shape index (κ3) is 3.74. The molecule has 5 N–H and O–H groups in total. The van der Waals surface area contributed by atoms with Crippen molar-refractivity contribution in [1.29, 1.82) is 5.41 Å². The number of benzene rings is 2. The van der Waals surface area contributed by atoms with Crippen LogP contribution >= 0.6 is 0 Å². The molecule has 2 aromatic carbocycles. The monoisotopic (exact) mass is 450 g/mol. The number of carbonyl (C=O) groups excluding carboxylic acids is 2. The minimum absolute atomic E-state index is 0.0919. The van der Waals surface area contributed by atoms with E-state index in [0.29, 0.717) is 11.1 Å². The van der Waals surface area contributed by atoms with Crippen LogP contribution in [0.15, 0.2) is 54.6 Å². The molecule has 0 aliphatic carbocycles. The van der Waals surface area contributed by atoms with Crippen LogP contribution in [0.5, 0.6) is 0 Å². The van der Waals surface area contributed by atoms with Gasteiger partial charge in [0.25, 0.3) is 0 Å². The van der Waals surface area contributed by atoms with Gasteiger partial charge in [-0.25, -0.2) is 4.79 Å². The van der Waals surface area contributed by atoms with E-state index in [-0.39, 0.29) is 18.3 Å². The highest BCUT2D eigenvalue weighted by Crippen LogP contribution is 2.52. The summed E-state index contributed by atoms with van der Waals surface area (Å²) in [6, 6.07) is 15.3. The standard InChI is InChI=1S/C24H26N4O5/c1-13(2)24(33-23(31)32)18-17(19(27-24)15-8-10-16(11-9-15)20(25)26)21(29)28(22(18)30)12-14-6-4-3-5-7-14/h3-11,13,17-19,27H,12H2,1-2H3,(H3,25,26)(H,31,32). The minimum atomic E-state index is -1.57. The quantitative estimate of drug-likeness (QED) is 0.229. The van der Waals surface area contributed by atoms with Crippen LogP contribution in [0.4, 0.5) is 4.79 Å². The molecule has 2 saturated heterocycles. The molecule has 33 heavy (non-hydrogen) atoms. The first kappa shape index (κ1) is 22.5. The topological polar surface area (TPSA) is 146 Å². The summed E-state index contributed by atoms with van der Waals surface area (Å²) in [6.45, 7) is 3.61. The van der Waals surface area contributed by atoms with Crippen molar-refractivity contribution in [3.05, 3.63) is 71.3 Å². The van der Waals surface area contributed by atoms with Crippen molar-refractivity contribution in [3.63, 3.8) is 0 Å². The zero-order valence-corrected chi connectivity index (χ0v) is 18.3. The Morgan fingerprint density at radius 3 is 2.33 bits per heavy atom. The Hall–Kier alpha value is -3.72. The van der Waals surface area contributed by atoms with Crippen LogP contribution in [0.1, 0.15) is 36.6 Å². The number of nitrogen functional groups attached to an aromatic ring is 1. The summed E-state index contributed by atoms with van der Waals surface area (Å²) < 4.78 is 5.36. The number of nitrogens with zero attached hydrogens (tertiary/aromatic N) is 1. The number of carboxylic acid groups (broad SMARTS) is 1. The maximum Gasteiger partial charge on any atom is 0.507 e. The van der Waals surface area contributed by atoms with E-state index in [4.69, 9.17) is 15.9 Å². The Labute approximate surface area is 191 Å².